The number of oxime groups is 1. The molecule has 0 fully saturated rings. The molecule has 0 unspecified atom stereocenters. The number of anilines is 1. The fraction of sp³-hybridized carbons (Fsp3) is 0.250. The first-order chi connectivity index (χ1) is 10.8. The molecule has 0 amide bonds. The van der Waals surface area contributed by atoms with Gasteiger partial charge in [0.25, 0.3) is 0 Å². The van der Waals surface area contributed by atoms with Crippen molar-refractivity contribution in [1.29, 1.82) is 0 Å². The molecule has 10 nitrogen and oxygen atoms in total. The topological polar surface area (TPSA) is 106 Å². The fourth-order valence-electron chi connectivity index (χ4n) is 1.44. The Balaban J connectivity index is 2.36. The van der Waals surface area contributed by atoms with Crippen LogP contribution < -0.4 is 5.01 Å². The Morgan fingerprint density at radius 2 is 2.32 bits per heavy atom. The third-order valence-electron chi connectivity index (χ3n) is 2.40. The molecule has 2 heterocycles. The molecule has 2 rings (SSSR count). The van der Waals surface area contributed by atoms with Gasteiger partial charge in [0.1, 0.15) is 31.3 Å². The minimum Gasteiger partial charge on any atom is -0.394 e. The van der Waals surface area contributed by atoms with E-state index >= 15 is 0 Å². The zero-order chi connectivity index (χ0) is 15.8. The number of hydrogen-bond acceptors (Lipinski definition) is 8. The molecule has 2 aromatic rings. The Morgan fingerprint density at radius 1 is 1.45 bits per heavy atom. The third-order valence-corrected chi connectivity index (χ3v) is 2.40. The van der Waals surface area contributed by atoms with Crippen molar-refractivity contribution in [2.24, 2.45) is 15.2 Å². The monoisotopic (exact) mass is 301 g/mol. The van der Waals surface area contributed by atoms with Crippen LogP contribution in [0, 0.1) is 0 Å². The van der Waals surface area contributed by atoms with Crippen LogP contribution in [0.5, 0.6) is 0 Å². The van der Waals surface area contributed by atoms with Crippen LogP contribution in [0.4, 0.5) is 5.82 Å². The van der Waals surface area contributed by atoms with E-state index in [9.17, 15) is 0 Å². The minimum absolute atomic E-state index is 0.368. The van der Waals surface area contributed by atoms with Crippen molar-refractivity contribution in [2.75, 3.05) is 18.7 Å². The van der Waals surface area contributed by atoms with E-state index in [1.165, 1.54) is 28.7 Å². The molecule has 114 valence electrons. The molecular weight excluding hydrogens is 286 g/mol. The van der Waals surface area contributed by atoms with Gasteiger partial charge in [0, 0.05) is 7.05 Å². The average molecular weight is 301 g/mol. The van der Waals surface area contributed by atoms with Gasteiger partial charge in [-0.1, -0.05) is 5.16 Å². The van der Waals surface area contributed by atoms with Gasteiger partial charge in [0.2, 0.25) is 5.84 Å². The summed E-state index contributed by atoms with van der Waals surface area (Å²) in [5, 5.41) is 13.6. The standard InChI is InChI=1S/C12H15N9O/c1-4-22-19-12(21-9-15-8-17-21)10-5-14-6-11(18-10)20(3)16-7-13-2/h5-9H,2,4H2,1,3H3/b16-7-,19-12-. The Bertz CT molecular complexity index is 665. The summed E-state index contributed by atoms with van der Waals surface area (Å²) in [5.41, 5.74) is 0.463. The zero-order valence-corrected chi connectivity index (χ0v) is 12.2. The van der Waals surface area contributed by atoms with Crippen LogP contribution in [0.15, 0.2) is 40.3 Å². The van der Waals surface area contributed by atoms with E-state index < -0.39 is 0 Å². The molecule has 2 aromatic heterocycles. The third kappa shape index (κ3) is 3.69. The molecule has 0 N–H and O–H groups in total. The first kappa shape index (κ1) is 15.2. The molecule has 0 saturated carbocycles. The molecule has 0 aliphatic carbocycles. The van der Waals surface area contributed by atoms with E-state index in [0.29, 0.717) is 24.0 Å². The van der Waals surface area contributed by atoms with Crippen molar-refractivity contribution >= 4 is 24.7 Å². The van der Waals surface area contributed by atoms with Gasteiger partial charge in [-0.25, -0.2) is 15.0 Å². The van der Waals surface area contributed by atoms with Crippen molar-refractivity contribution in [3.05, 3.63) is 30.7 Å². The van der Waals surface area contributed by atoms with Crippen LogP contribution >= 0.6 is 0 Å². The van der Waals surface area contributed by atoms with E-state index in [-0.39, 0.29) is 0 Å². The summed E-state index contributed by atoms with van der Waals surface area (Å²) in [5.74, 6) is 0.870. The summed E-state index contributed by atoms with van der Waals surface area (Å²) in [6.07, 6.45) is 7.30. The zero-order valence-electron chi connectivity index (χ0n) is 12.2. The predicted octanol–water partition coefficient (Wildman–Crippen LogP) is 0.395. The van der Waals surface area contributed by atoms with Crippen LogP contribution in [0.25, 0.3) is 0 Å². The lowest BCUT2D eigenvalue weighted by molar-refractivity contribution is 0.157. The molecule has 0 saturated heterocycles. The average Bonchev–Trinajstić information content (AvgIpc) is 3.07. The SMILES string of the molecule is C=N/C=N\N(C)c1cncc(/C(=N/OCC)n2cncn2)n1. The van der Waals surface area contributed by atoms with Crippen molar-refractivity contribution in [3.8, 4) is 0 Å². The molecule has 10 heteroatoms. The number of hydrazone groups is 1. The van der Waals surface area contributed by atoms with Crippen LogP contribution in [0.3, 0.4) is 0 Å². The number of aromatic nitrogens is 5. The molecule has 0 aromatic carbocycles. The van der Waals surface area contributed by atoms with Gasteiger partial charge in [0.05, 0.1) is 12.4 Å². The normalized spacial score (nSPS) is 11.6. The molecule has 0 aliphatic heterocycles. The first-order valence-electron chi connectivity index (χ1n) is 6.35. The molecule has 0 aliphatic rings. The second-order valence-electron chi connectivity index (χ2n) is 3.87. The maximum Gasteiger partial charge on any atom is 0.221 e. The van der Waals surface area contributed by atoms with Crippen molar-refractivity contribution in [1.82, 2.24) is 24.7 Å². The molecular formula is C12H15N9O. The Kier molecular flexibility index (Phi) is 5.24. The van der Waals surface area contributed by atoms with E-state index in [0.717, 1.165) is 0 Å². The molecule has 0 atom stereocenters. The number of nitrogens with zero attached hydrogens (tertiary/aromatic N) is 9. The second-order valence-corrected chi connectivity index (χ2v) is 3.87. The largest absolute Gasteiger partial charge is 0.394 e. The second kappa shape index (κ2) is 7.57. The van der Waals surface area contributed by atoms with Gasteiger partial charge < -0.3 is 4.84 Å². The summed E-state index contributed by atoms with van der Waals surface area (Å²) in [4.78, 5) is 21.1. The highest BCUT2D eigenvalue weighted by atomic mass is 16.6. The lowest BCUT2D eigenvalue weighted by Crippen LogP contribution is -2.19. The fourth-order valence-corrected chi connectivity index (χ4v) is 1.44. The van der Waals surface area contributed by atoms with Crippen LogP contribution in [-0.2, 0) is 4.84 Å². The van der Waals surface area contributed by atoms with E-state index in [1.807, 2.05) is 6.92 Å². The van der Waals surface area contributed by atoms with Gasteiger partial charge in [0.15, 0.2) is 5.82 Å². The number of aliphatic imine (C=N–C) groups is 1. The van der Waals surface area contributed by atoms with Gasteiger partial charge in [-0.2, -0.15) is 14.9 Å². The first-order valence-corrected chi connectivity index (χ1v) is 6.35. The van der Waals surface area contributed by atoms with Crippen molar-refractivity contribution < 1.29 is 4.84 Å². The highest BCUT2D eigenvalue weighted by Crippen LogP contribution is 2.09. The lowest BCUT2D eigenvalue weighted by atomic mass is 10.4. The van der Waals surface area contributed by atoms with Crippen molar-refractivity contribution in [3.63, 3.8) is 0 Å². The summed E-state index contributed by atoms with van der Waals surface area (Å²) in [7, 11) is 1.71. The Morgan fingerprint density at radius 3 is 3.00 bits per heavy atom. The van der Waals surface area contributed by atoms with Crippen LogP contribution in [-0.4, -0.2) is 57.3 Å². The quantitative estimate of drug-likeness (QED) is 0.434. The van der Waals surface area contributed by atoms with Gasteiger partial charge in [-0.3, -0.25) is 9.98 Å². The summed E-state index contributed by atoms with van der Waals surface area (Å²) >= 11 is 0. The van der Waals surface area contributed by atoms with E-state index in [4.69, 9.17) is 4.84 Å². The predicted molar refractivity (Wildman–Crippen MR) is 82.1 cm³/mol. The summed E-state index contributed by atoms with van der Waals surface area (Å²) < 4.78 is 1.44. The Hall–Kier alpha value is -3.17. The highest BCUT2D eigenvalue weighted by molar-refractivity contribution is 5.97. The molecule has 0 spiro atoms. The minimum atomic E-state index is 0.368. The van der Waals surface area contributed by atoms with E-state index in [2.05, 4.69) is 42.0 Å². The Labute approximate surface area is 126 Å². The molecule has 0 bridgehead atoms. The van der Waals surface area contributed by atoms with Gasteiger partial charge in [-0.15, -0.1) is 0 Å². The maximum absolute atomic E-state index is 5.10. The molecule has 0 radical (unpaired) electrons. The van der Waals surface area contributed by atoms with Gasteiger partial charge >= 0.3 is 0 Å². The summed E-state index contributed by atoms with van der Waals surface area (Å²) in [6, 6.07) is 0. The van der Waals surface area contributed by atoms with Crippen LogP contribution in [0.1, 0.15) is 12.6 Å². The van der Waals surface area contributed by atoms with Crippen molar-refractivity contribution in [2.45, 2.75) is 6.92 Å². The van der Waals surface area contributed by atoms with Gasteiger partial charge in [-0.05, 0) is 13.6 Å². The van der Waals surface area contributed by atoms with Crippen LogP contribution in [0.2, 0.25) is 0 Å². The number of hydrogen-bond donors (Lipinski definition) is 0. The highest BCUT2D eigenvalue weighted by Gasteiger charge is 2.13. The molecule has 22 heavy (non-hydrogen) atoms. The maximum atomic E-state index is 5.10. The smallest absolute Gasteiger partial charge is 0.221 e. The summed E-state index contributed by atoms with van der Waals surface area (Å²) in [6.45, 7) is 5.57. The van der Waals surface area contributed by atoms with E-state index in [1.54, 1.807) is 19.4 Å². The lowest BCUT2D eigenvalue weighted by Gasteiger charge is -2.12. The number of rotatable bonds is 6.